The zero-order chi connectivity index (χ0) is 12.3. The van der Waals surface area contributed by atoms with Gasteiger partial charge in [0, 0.05) is 19.7 Å². The Morgan fingerprint density at radius 1 is 1.44 bits per heavy atom. The lowest BCUT2D eigenvalue weighted by molar-refractivity contribution is -0.114. The second-order valence-corrected chi connectivity index (χ2v) is 2.98. The average Bonchev–Trinajstić information content (AvgIpc) is 2.26. The molecule has 3 N–H and O–H groups in total. The molecule has 6 heteroatoms. The molecule has 5 nitrogen and oxygen atoms in total. The second kappa shape index (κ2) is 4.61. The van der Waals surface area contributed by atoms with Gasteiger partial charge in [-0.3, -0.25) is 9.79 Å². The van der Waals surface area contributed by atoms with E-state index in [4.69, 9.17) is 5.11 Å². The van der Waals surface area contributed by atoms with Gasteiger partial charge in [0.1, 0.15) is 5.71 Å². The van der Waals surface area contributed by atoms with Gasteiger partial charge in [-0.25, -0.2) is 4.39 Å². The molecule has 1 aromatic carbocycles. The van der Waals surface area contributed by atoms with E-state index in [1.165, 1.54) is 14.1 Å². The fraction of sp³-hybridized carbons (Fsp3) is 0.200. The van der Waals surface area contributed by atoms with Crippen LogP contribution in [0.3, 0.4) is 0 Å². The molecule has 1 rings (SSSR count). The first-order chi connectivity index (χ1) is 7.51. The highest BCUT2D eigenvalue weighted by molar-refractivity contribution is 6.45. The van der Waals surface area contributed by atoms with Crippen molar-refractivity contribution in [1.29, 1.82) is 0 Å². The number of amides is 1. The van der Waals surface area contributed by atoms with Crippen molar-refractivity contribution in [2.45, 2.75) is 0 Å². The van der Waals surface area contributed by atoms with Gasteiger partial charge in [-0.1, -0.05) is 0 Å². The minimum Gasteiger partial charge on any atom is -0.504 e. The third-order valence-electron chi connectivity index (χ3n) is 1.98. The first-order valence-corrected chi connectivity index (χ1v) is 4.42. The molecule has 0 aliphatic carbocycles. The maximum atomic E-state index is 13.1. The smallest absolute Gasteiger partial charge is 0.269 e. The van der Waals surface area contributed by atoms with Gasteiger partial charge in [-0.2, -0.15) is 0 Å². The first kappa shape index (κ1) is 12.0. The molecule has 0 radical (unpaired) electrons. The molecule has 0 heterocycles. The maximum absolute atomic E-state index is 13.1. The normalized spacial score (nSPS) is 11.3. The molecular weight excluding hydrogens is 215 g/mol. The molecule has 0 saturated carbocycles. The average molecular weight is 226 g/mol. The Bertz CT molecular complexity index is 434. The van der Waals surface area contributed by atoms with Crippen molar-refractivity contribution >= 4 is 11.6 Å². The van der Waals surface area contributed by atoms with Crippen LogP contribution in [0.2, 0.25) is 0 Å². The molecule has 0 atom stereocenters. The number of nitrogens with one attached hydrogen (secondary N) is 1. The number of benzene rings is 1. The molecule has 0 aliphatic rings. The third-order valence-corrected chi connectivity index (χ3v) is 1.98. The quantitative estimate of drug-likeness (QED) is 0.504. The fourth-order valence-electron chi connectivity index (χ4n) is 1.20. The number of rotatable bonds is 2. The summed E-state index contributed by atoms with van der Waals surface area (Å²) in [6.45, 7) is 0. The molecule has 0 bridgehead atoms. The van der Waals surface area contributed by atoms with Gasteiger partial charge in [0.2, 0.25) is 0 Å². The van der Waals surface area contributed by atoms with Crippen molar-refractivity contribution in [2.75, 3.05) is 14.1 Å². The highest BCUT2D eigenvalue weighted by Crippen LogP contribution is 2.29. The predicted molar refractivity (Wildman–Crippen MR) is 56.3 cm³/mol. The number of halogens is 1. The summed E-state index contributed by atoms with van der Waals surface area (Å²) in [6.07, 6.45) is 0. The van der Waals surface area contributed by atoms with Gasteiger partial charge >= 0.3 is 0 Å². The van der Waals surface area contributed by atoms with Crippen LogP contribution in [0.25, 0.3) is 0 Å². The molecule has 0 unspecified atom stereocenters. The van der Waals surface area contributed by atoms with Crippen molar-refractivity contribution in [2.24, 2.45) is 4.99 Å². The zero-order valence-corrected chi connectivity index (χ0v) is 8.78. The molecule has 0 fully saturated rings. The van der Waals surface area contributed by atoms with Crippen LogP contribution >= 0.6 is 0 Å². The number of carbonyl (C=O) groups is 1. The number of likely N-dealkylation sites (N-methyl/N-ethyl adjacent to an activating group) is 1. The van der Waals surface area contributed by atoms with Gasteiger partial charge in [0.05, 0.1) is 0 Å². The van der Waals surface area contributed by atoms with Gasteiger partial charge in [0.25, 0.3) is 5.91 Å². The lowest BCUT2D eigenvalue weighted by atomic mass is 10.1. The van der Waals surface area contributed by atoms with E-state index in [9.17, 15) is 14.3 Å². The maximum Gasteiger partial charge on any atom is 0.269 e. The van der Waals surface area contributed by atoms with E-state index in [2.05, 4.69) is 10.3 Å². The Balaban J connectivity index is 3.28. The Hall–Kier alpha value is -2.11. The van der Waals surface area contributed by atoms with E-state index in [1.54, 1.807) is 0 Å². The fourth-order valence-corrected chi connectivity index (χ4v) is 1.20. The number of hydrogen-bond acceptors (Lipinski definition) is 4. The molecule has 0 aliphatic heterocycles. The van der Waals surface area contributed by atoms with Crippen LogP contribution in [-0.2, 0) is 4.79 Å². The topological polar surface area (TPSA) is 81.9 Å². The van der Waals surface area contributed by atoms with E-state index < -0.39 is 23.2 Å². The molecule has 0 spiro atoms. The summed E-state index contributed by atoms with van der Waals surface area (Å²) in [6, 6.07) is 1.99. The summed E-state index contributed by atoms with van der Waals surface area (Å²) in [5.74, 6) is -3.01. The number of phenols is 2. The van der Waals surface area contributed by atoms with Crippen LogP contribution in [0.15, 0.2) is 17.1 Å². The minimum absolute atomic E-state index is 0.0308. The number of hydrogen-bond donors (Lipinski definition) is 3. The second-order valence-electron chi connectivity index (χ2n) is 2.98. The van der Waals surface area contributed by atoms with E-state index in [0.29, 0.717) is 0 Å². The molecule has 1 aromatic rings. The standard InChI is InChI=1S/C10H11FN2O3/c1-12-8(10(16)13-2)5-3-6(11)9(15)7(14)4-5/h3-4,14-15H,1-2H3,(H,13,16). The largest absolute Gasteiger partial charge is 0.504 e. The van der Waals surface area contributed by atoms with Crippen molar-refractivity contribution in [3.05, 3.63) is 23.5 Å². The third kappa shape index (κ3) is 2.10. The number of carbonyl (C=O) groups excluding carboxylic acids is 1. The summed E-state index contributed by atoms with van der Waals surface area (Å²) in [7, 11) is 2.77. The van der Waals surface area contributed by atoms with Gasteiger partial charge < -0.3 is 15.5 Å². The molecule has 0 aromatic heterocycles. The summed E-state index contributed by atoms with van der Waals surface area (Å²) >= 11 is 0. The van der Waals surface area contributed by atoms with E-state index in [1.807, 2.05) is 0 Å². The highest BCUT2D eigenvalue weighted by atomic mass is 19.1. The van der Waals surface area contributed by atoms with E-state index >= 15 is 0 Å². The van der Waals surface area contributed by atoms with Crippen LogP contribution in [0.5, 0.6) is 11.5 Å². The molecular formula is C10H11FN2O3. The minimum atomic E-state index is -1.01. The number of phenolic OH excluding ortho intramolecular Hbond substituents is 2. The lowest BCUT2D eigenvalue weighted by Crippen LogP contribution is -2.28. The monoisotopic (exact) mass is 226 g/mol. The Labute approximate surface area is 91.3 Å². The SMILES string of the molecule is CN=C(C(=O)NC)c1cc(O)c(O)c(F)c1. The van der Waals surface area contributed by atoms with Gasteiger partial charge in [-0.05, 0) is 12.1 Å². The number of nitrogens with zero attached hydrogens (tertiary/aromatic N) is 1. The Morgan fingerprint density at radius 2 is 2.06 bits per heavy atom. The lowest BCUT2D eigenvalue weighted by Gasteiger charge is -2.06. The first-order valence-electron chi connectivity index (χ1n) is 4.42. The van der Waals surface area contributed by atoms with E-state index in [0.717, 1.165) is 12.1 Å². The van der Waals surface area contributed by atoms with Crippen molar-refractivity contribution in [3.8, 4) is 11.5 Å². The number of aliphatic imine (C=N–C) groups is 1. The van der Waals surface area contributed by atoms with Crippen LogP contribution < -0.4 is 5.32 Å². The van der Waals surface area contributed by atoms with Crippen molar-refractivity contribution in [3.63, 3.8) is 0 Å². The van der Waals surface area contributed by atoms with Crippen LogP contribution in [0, 0.1) is 5.82 Å². The van der Waals surface area contributed by atoms with Crippen LogP contribution in [0.4, 0.5) is 4.39 Å². The summed E-state index contributed by atoms with van der Waals surface area (Å²) in [5.41, 5.74) is 0.0614. The predicted octanol–water partition coefficient (Wildman–Crippen LogP) is 0.402. The summed E-state index contributed by atoms with van der Waals surface area (Å²) in [5, 5.41) is 20.6. The molecule has 1 amide bonds. The summed E-state index contributed by atoms with van der Waals surface area (Å²) in [4.78, 5) is 15.0. The van der Waals surface area contributed by atoms with Crippen molar-refractivity contribution in [1.82, 2.24) is 5.32 Å². The van der Waals surface area contributed by atoms with Crippen LogP contribution in [-0.4, -0.2) is 35.9 Å². The van der Waals surface area contributed by atoms with E-state index in [-0.39, 0.29) is 11.3 Å². The molecule has 16 heavy (non-hydrogen) atoms. The van der Waals surface area contributed by atoms with Gasteiger partial charge in [0.15, 0.2) is 17.3 Å². The highest BCUT2D eigenvalue weighted by Gasteiger charge is 2.16. The Morgan fingerprint density at radius 3 is 2.50 bits per heavy atom. The molecule has 0 saturated heterocycles. The number of aromatic hydroxyl groups is 2. The summed E-state index contributed by atoms with van der Waals surface area (Å²) < 4.78 is 13.1. The zero-order valence-electron chi connectivity index (χ0n) is 8.78. The van der Waals surface area contributed by atoms with Gasteiger partial charge in [-0.15, -0.1) is 0 Å². The molecule has 86 valence electrons. The Kier molecular flexibility index (Phi) is 3.44. The van der Waals surface area contributed by atoms with Crippen molar-refractivity contribution < 1.29 is 19.4 Å². The van der Waals surface area contributed by atoms with Crippen LogP contribution in [0.1, 0.15) is 5.56 Å².